The lowest BCUT2D eigenvalue weighted by molar-refractivity contribution is -0.141. The zero-order valence-electron chi connectivity index (χ0n) is 23.1. The van der Waals surface area contributed by atoms with Gasteiger partial charge in [0.05, 0.1) is 10.8 Å². The summed E-state index contributed by atoms with van der Waals surface area (Å²) < 4.78 is 0. The van der Waals surface area contributed by atoms with Crippen LogP contribution in [0.15, 0.2) is 97.6 Å². The van der Waals surface area contributed by atoms with Crippen molar-refractivity contribution in [2.45, 2.75) is 37.5 Å². The molecule has 214 valence electrons. The van der Waals surface area contributed by atoms with Gasteiger partial charge in [0.2, 0.25) is 0 Å². The second-order valence-corrected chi connectivity index (χ2v) is 12.0. The number of hydrogen-bond donors (Lipinski definition) is 3. The van der Waals surface area contributed by atoms with E-state index in [-0.39, 0.29) is 12.2 Å². The number of rotatable bonds is 14. The number of halogens is 1. The molecule has 0 heterocycles. The topological polar surface area (TPSA) is 78.4 Å². The van der Waals surface area contributed by atoms with Gasteiger partial charge in [-0.1, -0.05) is 78.9 Å². The molecule has 41 heavy (non-hydrogen) atoms. The number of Topliss-reactive ketones (excluding diaryl/α,β-unsaturated/α-hetero) is 1. The molecule has 0 saturated heterocycles. The maximum atomic E-state index is 12.9. The van der Waals surface area contributed by atoms with Gasteiger partial charge in [-0.25, -0.2) is 0 Å². The van der Waals surface area contributed by atoms with Crippen molar-refractivity contribution in [3.63, 3.8) is 0 Å². The zero-order chi connectivity index (χ0) is 29.8. The molecule has 3 rings (SSSR count). The van der Waals surface area contributed by atoms with Crippen molar-refractivity contribution in [2.75, 3.05) is 11.9 Å². The molecule has 3 N–H and O–H groups in total. The van der Waals surface area contributed by atoms with Crippen LogP contribution in [-0.2, 0) is 11.2 Å². The highest BCUT2D eigenvalue weighted by Crippen LogP contribution is 2.24. The zero-order valence-corrected chi connectivity index (χ0v) is 25.8. The molecule has 3 aromatic carbocycles. The Kier molecular flexibility index (Phi) is 12.3. The summed E-state index contributed by atoms with van der Waals surface area (Å²) in [5.74, 6) is -1.84. The van der Waals surface area contributed by atoms with E-state index in [1.54, 1.807) is 18.2 Å². The van der Waals surface area contributed by atoms with Gasteiger partial charge in [-0.05, 0) is 72.5 Å². The maximum absolute atomic E-state index is 12.9. The van der Waals surface area contributed by atoms with E-state index >= 15 is 0 Å². The first-order valence-electron chi connectivity index (χ1n) is 13.4. The van der Waals surface area contributed by atoms with Crippen LogP contribution in [0.1, 0.15) is 42.1 Å². The lowest BCUT2D eigenvalue weighted by Gasteiger charge is -2.14. The van der Waals surface area contributed by atoms with Crippen LogP contribution in [0.4, 0.5) is 5.69 Å². The molecule has 0 amide bonds. The molecule has 0 bridgehead atoms. The number of thiocarbonyl (C=S) groups is 1. The molecule has 3 atom stereocenters. The number of alkyl halides is 1. The van der Waals surface area contributed by atoms with Gasteiger partial charge in [0.15, 0.2) is 10.9 Å². The minimum Gasteiger partial charge on any atom is -0.481 e. The third kappa shape index (κ3) is 10.6. The summed E-state index contributed by atoms with van der Waals surface area (Å²) in [7, 11) is 2.72. The second-order valence-electron chi connectivity index (χ2n) is 10.1. The fourth-order valence-electron chi connectivity index (χ4n) is 4.14. The number of benzene rings is 3. The van der Waals surface area contributed by atoms with Crippen molar-refractivity contribution >= 4 is 60.9 Å². The van der Waals surface area contributed by atoms with Gasteiger partial charge in [-0.15, -0.1) is 27.4 Å². The van der Waals surface area contributed by atoms with Crippen LogP contribution in [0.2, 0.25) is 0 Å². The normalized spacial score (nSPS) is 13.2. The second kappa shape index (κ2) is 15.6. The Balaban J connectivity index is 1.55. The Labute approximate surface area is 255 Å². The van der Waals surface area contributed by atoms with Crippen LogP contribution in [-0.4, -0.2) is 33.4 Å². The largest absolute Gasteiger partial charge is 0.481 e. The summed E-state index contributed by atoms with van der Waals surface area (Å²) >= 11 is 11.7. The van der Waals surface area contributed by atoms with E-state index in [2.05, 4.69) is 26.5 Å². The lowest BCUT2D eigenvalue weighted by Crippen LogP contribution is -2.29. The number of carbonyl (C=O) groups is 2. The van der Waals surface area contributed by atoms with Crippen molar-refractivity contribution in [3.05, 3.63) is 109 Å². The summed E-state index contributed by atoms with van der Waals surface area (Å²) in [6, 6.07) is 23.0. The molecular weight excluding hydrogens is 571 g/mol. The predicted octanol–water partition coefficient (Wildman–Crippen LogP) is 7.18. The lowest BCUT2D eigenvalue weighted by atomic mass is 9.92. The van der Waals surface area contributed by atoms with E-state index in [0.717, 1.165) is 27.7 Å². The minimum absolute atomic E-state index is 0.0255. The Hall–Kier alpha value is -3.31. The molecule has 0 aliphatic rings. The van der Waals surface area contributed by atoms with Gasteiger partial charge >= 0.3 is 5.97 Å². The molecule has 3 aromatic rings. The number of carbonyl (C=O) groups excluding carboxylic acids is 1. The Morgan fingerprint density at radius 2 is 1.76 bits per heavy atom. The number of aliphatic carboxylic acids is 1. The SMILES string of the molecule is C=CC(C)(Cl)CC=CCNC(=S)Nc1ccc(-c2ccc(C(=O)CC(CCc3ccccc3)C(=O)O)cc2)cc1P. The molecule has 0 saturated carbocycles. The highest BCUT2D eigenvalue weighted by Gasteiger charge is 2.22. The first-order valence-corrected chi connectivity index (χ1v) is 14.8. The fraction of sp³-hybridized carbons (Fsp3) is 0.242. The van der Waals surface area contributed by atoms with Crippen LogP contribution < -0.4 is 15.9 Å². The van der Waals surface area contributed by atoms with Crippen molar-refractivity contribution in [1.82, 2.24) is 5.32 Å². The quantitative estimate of drug-likeness (QED) is 0.0593. The average molecular weight is 607 g/mol. The predicted molar refractivity (Wildman–Crippen MR) is 178 cm³/mol. The standard InChI is InChI=1S/C33H36ClN2O3PS/c1-3-33(2,34)19-7-8-20-35-32(41)36-28-18-17-26(22-30(28)40)24-13-15-25(16-14-24)29(37)21-27(31(38)39)12-11-23-9-5-4-6-10-23/h3-10,13-18,22,27H,1,11-12,19-21,40H2,2H3,(H,38,39)(H2,35,36,41). The van der Waals surface area contributed by atoms with Crippen molar-refractivity contribution < 1.29 is 14.7 Å². The van der Waals surface area contributed by atoms with E-state index in [1.165, 1.54) is 0 Å². The number of carboxylic acid groups (broad SMARTS) is 1. The minimum atomic E-state index is -0.943. The Morgan fingerprint density at radius 1 is 1.07 bits per heavy atom. The first kappa shape index (κ1) is 32.2. The fourth-order valence-corrected chi connectivity index (χ4v) is 4.77. The van der Waals surface area contributed by atoms with Gasteiger partial charge in [0, 0.05) is 24.2 Å². The summed E-state index contributed by atoms with van der Waals surface area (Å²) in [4.78, 5) is 24.2. The molecule has 8 heteroatoms. The van der Waals surface area contributed by atoms with E-state index in [4.69, 9.17) is 23.8 Å². The Bertz CT molecular complexity index is 1390. The van der Waals surface area contributed by atoms with E-state index < -0.39 is 16.8 Å². The number of ketones is 1. The molecule has 0 aromatic heterocycles. The molecule has 5 nitrogen and oxygen atoms in total. The van der Waals surface area contributed by atoms with Crippen molar-refractivity contribution in [1.29, 1.82) is 0 Å². The molecule has 0 spiro atoms. The van der Waals surface area contributed by atoms with Gasteiger partial charge in [0.25, 0.3) is 0 Å². The third-order valence-corrected chi connectivity index (χ3v) is 7.77. The van der Waals surface area contributed by atoms with Crippen LogP contribution >= 0.6 is 33.1 Å². The summed E-state index contributed by atoms with van der Waals surface area (Å²) in [6.45, 7) is 6.22. The van der Waals surface area contributed by atoms with Crippen molar-refractivity contribution in [3.8, 4) is 11.1 Å². The number of hydrogen-bond acceptors (Lipinski definition) is 3. The van der Waals surface area contributed by atoms with Gasteiger partial charge in [-0.3, -0.25) is 9.59 Å². The summed E-state index contributed by atoms with van der Waals surface area (Å²) in [5.41, 5.74) is 4.37. The molecular formula is C33H36ClN2O3PS. The number of nitrogens with one attached hydrogen (secondary N) is 2. The molecule has 0 radical (unpaired) electrons. The van der Waals surface area contributed by atoms with Crippen LogP contribution in [0.5, 0.6) is 0 Å². The highest BCUT2D eigenvalue weighted by molar-refractivity contribution is 7.80. The monoisotopic (exact) mass is 606 g/mol. The van der Waals surface area contributed by atoms with Crippen LogP contribution in [0.25, 0.3) is 11.1 Å². The van der Waals surface area contributed by atoms with Gasteiger partial charge in [-0.2, -0.15) is 0 Å². The van der Waals surface area contributed by atoms with Gasteiger partial charge < -0.3 is 15.7 Å². The number of carboxylic acids is 1. The van der Waals surface area contributed by atoms with Gasteiger partial charge in [0.1, 0.15) is 0 Å². The highest BCUT2D eigenvalue weighted by atomic mass is 35.5. The third-order valence-electron chi connectivity index (χ3n) is 6.74. The van der Waals surface area contributed by atoms with E-state index in [1.807, 2.05) is 79.7 Å². The summed E-state index contributed by atoms with van der Waals surface area (Å²) in [6.07, 6.45) is 7.39. The van der Waals surface area contributed by atoms with Crippen LogP contribution in [0.3, 0.4) is 0 Å². The molecule has 0 aliphatic carbocycles. The number of aryl methyl sites for hydroxylation is 1. The van der Waals surface area contributed by atoms with Crippen LogP contribution in [0, 0.1) is 5.92 Å². The summed E-state index contributed by atoms with van der Waals surface area (Å²) in [5, 5.41) is 17.5. The van der Waals surface area contributed by atoms with E-state index in [0.29, 0.717) is 36.5 Å². The molecule has 0 aliphatic heterocycles. The molecule has 0 fully saturated rings. The van der Waals surface area contributed by atoms with Crippen molar-refractivity contribution in [2.24, 2.45) is 5.92 Å². The average Bonchev–Trinajstić information content (AvgIpc) is 2.96. The molecule has 3 unspecified atom stereocenters. The number of allylic oxidation sites excluding steroid dienone is 2. The van der Waals surface area contributed by atoms with E-state index in [9.17, 15) is 14.7 Å². The smallest absolute Gasteiger partial charge is 0.306 e. The Morgan fingerprint density at radius 3 is 2.39 bits per heavy atom. The maximum Gasteiger partial charge on any atom is 0.306 e. The number of anilines is 1. The first-order chi connectivity index (χ1) is 19.6.